The van der Waals surface area contributed by atoms with Crippen LogP contribution in [-0.2, 0) is 21.4 Å². The Labute approximate surface area is 259 Å². The molecule has 224 valence electrons. The van der Waals surface area contributed by atoms with Gasteiger partial charge >= 0.3 is 5.97 Å². The Kier molecular flexibility index (Phi) is 8.47. The summed E-state index contributed by atoms with van der Waals surface area (Å²) in [6.45, 7) is 8.32. The van der Waals surface area contributed by atoms with Gasteiger partial charge < -0.3 is 14.7 Å². The number of carbonyl (C=O) groups excluding carboxylic acids is 1. The number of nitrogens with zero attached hydrogens (tertiary/aromatic N) is 5. The van der Waals surface area contributed by atoms with Crippen LogP contribution >= 0.6 is 22.9 Å². The highest BCUT2D eigenvalue weighted by Crippen LogP contribution is 2.44. The van der Waals surface area contributed by atoms with Gasteiger partial charge in [0.2, 0.25) is 6.41 Å². The number of aromatic nitrogens is 3. The van der Waals surface area contributed by atoms with Gasteiger partial charge in [-0.05, 0) is 75.2 Å². The van der Waals surface area contributed by atoms with Gasteiger partial charge in [-0.15, -0.1) is 0 Å². The fraction of sp³-hybridized carbons (Fsp3) is 0.312. The monoisotopic (exact) mass is 619 g/mol. The molecule has 1 unspecified atom stereocenters. The van der Waals surface area contributed by atoms with Gasteiger partial charge in [-0.2, -0.15) is 5.10 Å². The van der Waals surface area contributed by atoms with Crippen LogP contribution in [0.25, 0.3) is 32.2 Å². The number of ether oxygens (including phenoxy) is 1. The van der Waals surface area contributed by atoms with Gasteiger partial charge in [-0.1, -0.05) is 35.1 Å². The Bertz CT molecular complexity index is 1810. The molecule has 9 nitrogen and oxygen atoms in total. The first-order valence-corrected chi connectivity index (χ1v) is 15.0. The summed E-state index contributed by atoms with van der Waals surface area (Å²) in [7, 11) is 3.89. The first-order valence-electron chi connectivity index (χ1n) is 13.8. The van der Waals surface area contributed by atoms with E-state index in [1.165, 1.54) is 11.3 Å². The number of carbonyl (C=O) groups is 2. The van der Waals surface area contributed by atoms with Crippen molar-refractivity contribution < 1.29 is 19.4 Å². The maximum Gasteiger partial charge on any atom is 0.337 e. The molecular formula is C32H34ClN5O4S. The minimum atomic E-state index is -1.21. The topological polar surface area (TPSA) is 101 Å². The van der Waals surface area contributed by atoms with Crippen LogP contribution in [0.15, 0.2) is 54.7 Å². The van der Waals surface area contributed by atoms with Crippen molar-refractivity contribution in [2.45, 2.75) is 39.4 Å². The van der Waals surface area contributed by atoms with E-state index in [9.17, 15) is 14.7 Å². The number of aryl methyl sites for hydroxylation is 2. The predicted molar refractivity (Wildman–Crippen MR) is 173 cm³/mol. The first kappa shape index (κ1) is 30.5. The molecule has 1 amide bonds. The zero-order valence-electron chi connectivity index (χ0n) is 25.0. The molecule has 0 bridgehead atoms. The molecular weight excluding hydrogens is 586 g/mol. The average molecular weight is 620 g/mol. The van der Waals surface area contributed by atoms with E-state index >= 15 is 0 Å². The third-order valence-electron chi connectivity index (χ3n) is 7.23. The minimum Gasteiger partial charge on any atom is -0.479 e. The number of anilines is 2. The molecule has 0 fully saturated rings. The second-order valence-corrected chi connectivity index (χ2v) is 12.9. The number of halogens is 1. The van der Waals surface area contributed by atoms with Gasteiger partial charge in [0.15, 0.2) is 11.2 Å². The van der Waals surface area contributed by atoms with Crippen LogP contribution in [-0.4, -0.2) is 58.0 Å². The van der Waals surface area contributed by atoms with Crippen molar-refractivity contribution in [1.29, 1.82) is 0 Å². The summed E-state index contributed by atoms with van der Waals surface area (Å²) in [5.74, 6) is -1.08. The number of likely N-dealkylation sites (N-methyl/N-ethyl adjacent to an activating group) is 1. The highest BCUT2D eigenvalue weighted by molar-refractivity contribution is 7.23. The van der Waals surface area contributed by atoms with E-state index in [-0.39, 0.29) is 0 Å². The molecule has 0 radical (unpaired) electrons. The van der Waals surface area contributed by atoms with Gasteiger partial charge in [-0.25, -0.2) is 9.78 Å². The van der Waals surface area contributed by atoms with E-state index in [1.54, 1.807) is 17.0 Å². The maximum atomic E-state index is 12.6. The van der Waals surface area contributed by atoms with Gasteiger partial charge in [0.05, 0.1) is 27.5 Å². The van der Waals surface area contributed by atoms with Crippen molar-refractivity contribution in [2.24, 2.45) is 7.05 Å². The van der Waals surface area contributed by atoms with Gasteiger partial charge in [0.25, 0.3) is 0 Å². The number of benzene rings is 3. The maximum absolute atomic E-state index is 12.6. The molecule has 0 saturated heterocycles. The van der Waals surface area contributed by atoms with E-state index in [4.69, 9.17) is 21.3 Å². The van der Waals surface area contributed by atoms with Crippen LogP contribution < -0.4 is 9.80 Å². The molecule has 0 spiro atoms. The lowest BCUT2D eigenvalue weighted by atomic mass is 9.91. The van der Waals surface area contributed by atoms with Crippen LogP contribution in [0.3, 0.4) is 0 Å². The Balaban J connectivity index is 1.53. The highest BCUT2D eigenvalue weighted by atomic mass is 35.5. The summed E-state index contributed by atoms with van der Waals surface area (Å²) in [5.41, 5.74) is 4.81. The lowest BCUT2D eigenvalue weighted by Crippen LogP contribution is -2.32. The number of carboxylic acid groups (broad SMARTS) is 1. The zero-order chi connectivity index (χ0) is 31.1. The molecule has 3 aromatic carbocycles. The minimum absolute atomic E-state index is 0.401. The van der Waals surface area contributed by atoms with Crippen molar-refractivity contribution in [3.63, 3.8) is 0 Å². The average Bonchev–Trinajstić information content (AvgIpc) is 3.54. The lowest BCUT2D eigenvalue weighted by Gasteiger charge is -2.28. The summed E-state index contributed by atoms with van der Waals surface area (Å²) in [6, 6.07) is 15.3. The Morgan fingerprint density at radius 3 is 2.53 bits per heavy atom. The molecule has 0 aliphatic rings. The lowest BCUT2D eigenvalue weighted by molar-refractivity contribution is -0.160. The smallest absolute Gasteiger partial charge is 0.337 e. The van der Waals surface area contributed by atoms with Crippen molar-refractivity contribution in [3.05, 3.63) is 70.9 Å². The van der Waals surface area contributed by atoms with Crippen molar-refractivity contribution in [2.75, 3.05) is 29.9 Å². The quantitative estimate of drug-likeness (QED) is 0.171. The standard InChI is InChI=1S/C32H34ClN5O4S/c1-19-15-24-29(27(20-7-9-22(33)10-8-20)26(19)28(30(40)41)42-32(2,3)4)43-31(35-24)38(18-39)14-13-36(5)23-11-12-25-21(16-23)17-34-37(25)6/h7-12,15-18,28H,13-14H2,1-6H3,(H,40,41). The van der Waals surface area contributed by atoms with Crippen molar-refractivity contribution >= 4 is 67.3 Å². The Morgan fingerprint density at radius 1 is 1.16 bits per heavy atom. The third-order valence-corrected chi connectivity index (χ3v) is 8.60. The number of fused-ring (bicyclic) bond motifs is 2. The van der Waals surface area contributed by atoms with Gasteiger partial charge in [0.1, 0.15) is 0 Å². The summed E-state index contributed by atoms with van der Waals surface area (Å²) in [4.78, 5) is 33.4. The number of thiazole rings is 1. The number of hydrogen-bond donors (Lipinski definition) is 1. The van der Waals surface area contributed by atoms with E-state index in [1.807, 2.05) is 83.0 Å². The molecule has 0 aliphatic heterocycles. The number of carboxylic acids is 1. The molecule has 5 aromatic rings. The zero-order valence-corrected chi connectivity index (χ0v) is 26.5. The predicted octanol–water partition coefficient (Wildman–Crippen LogP) is 6.85. The van der Waals surface area contributed by atoms with Gasteiger partial charge in [0, 0.05) is 54.4 Å². The molecule has 43 heavy (non-hydrogen) atoms. The van der Waals surface area contributed by atoms with Crippen LogP contribution in [0.2, 0.25) is 5.02 Å². The van der Waals surface area contributed by atoms with Crippen LogP contribution in [0.4, 0.5) is 10.8 Å². The normalized spacial score (nSPS) is 12.5. The third kappa shape index (κ3) is 6.36. The Hall–Kier alpha value is -3.99. The summed E-state index contributed by atoms with van der Waals surface area (Å²) in [6.07, 6.45) is 1.41. The summed E-state index contributed by atoms with van der Waals surface area (Å²) >= 11 is 7.56. The second-order valence-electron chi connectivity index (χ2n) is 11.5. The van der Waals surface area contributed by atoms with E-state index in [0.717, 1.165) is 38.8 Å². The van der Waals surface area contributed by atoms with Gasteiger partial charge in [-0.3, -0.25) is 14.4 Å². The molecule has 11 heteroatoms. The molecule has 1 atom stereocenters. The number of rotatable bonds is 10. The number of hydrogen-bond acceptors (Lipinski definition) is 7. The molecule has 5 rings (SSSR count). The van der Waals surface area contributed by atoms with E-state index in [2.05, 4.69) is 16.1 Å². The second kappa shape index (κ2) is 11.9. The highest BCUT2D eigenvalue weighted by Gasteiger charge is 2.32. The van der Waals surface area contributed by atoms with E-state index < -0.39 is 17.7 Å². The fourth-order valence-electron chi connectivity index (χ4n) is 5.12. The van der Waals surface area contributed by atoms with Crippen LogP contribution in [0.5, 0.6) is 0 Å². The summed E-state index contributed by atoms with van der Waals surface area (Å²) < 4.78 is 8.69. The van der Waals surface area contributed by atoms with Crippen LogP contribution in [0.1, 0.15) is 38.0 Å². The SMILES string of the molecule is Cc1cc2nc(N(C=O)CCN(C)c3ccc4c(cnn4C)c3)sc2c(-c2ccc(Cl)cc2)c1C(OC(C)(C)C)C(=O)O. The van der Waals surface area contributed by atoms with Crippen molar-refractivity contribution in [1.82, 2.24) is 14.8 Å². The largest absolute Gasteiger partial charge is 0.479 e. The van der Waals surface area contributed by atoms with E-state index in [0.29, 0.717) is 39.9 Å². The molecule has 0 aliphatic carbocycles. The Morgan fingerprint density at radius 2 is 1.88 bits per heavy atom. The first-order chi connectivity index (χ1) is 20.4. The van der Waals surface area contributed by atoms with Crippen LogP contribution in [0, 0.1) is 6.92 Å². The molecule has 2 aromatic heterocycles. The van der Waals surface area contributed by atoms with Crippen molar-refractivity contribution in [3.8, 4) is 11.1 Å². The molecule has 1 N–H and O–H groups in total. The molecule has 2 heterocycles. The number of aliphatic carboxylic acids is 1. The molecule has 0 saturated carbocycles. The number of amides is 1. The summed E-state index contributed by atoms with van der Waals surface area (Å²) in [5, 5.41) is 16.7. The fourth-order valence-corrected chi connectivity index (χ4v) is 6.36.